The minimum atomic E-state index is 1.13. The number of rotatable bonds is 4. The molecule has 1 radical (unpaired) electrons. The van der Waals surface area contributed by atoms with Crippen LogP contribution in [0.4, 0.5) is 0 Å². The summed E-state index contributed by atoms with van der Waals surface area (Å²) in [7, 11) is 0. The second kappa shape index (κ2) is 5.50. The average Bonchev–Trinajstić information content (AvgIpc) is 2.38. The SMILES string of the molecule is C[C](CCc1ccccc1)c1ccccc1. The second-order valence-electron chi connectivity index (χ2n) is 4.13. The fourth-order valence-electron chi connectivity index (χ4n) is 1.84. The van der Waals surface area contributed by atoms with Gasteiger partial charge >= 0.3 is 0 Å². The van der Waals surface area contributed by atoms with Crippen molar-refractivity contribution < 1.29 is 0 Å². The zero-order valence-electron chi connectivity index (χ0n) is 9.69. The van der Waals surface area contributed by atoms with Crippen LogP contribution in [0.2, 0.25) is 0 Å². The van der Waals surface area contributed by atoms with Gasteiger partial charge in [0.25, 0.3) is 0 Å². The van der Waals surface area contributed by atoms with Crippen molar-refractivity contribution in [2.24, 2.45) is 0 Å². The lowest BCUT2D eigenvalue weighted by atomic mass is 9.94. The lowest BCUT2D eigenvalue weighted by molar-refractivity contribution is 0.855. The van der Waals surface area contributed by atoms with Gasteiger partial charge in [-0.05, 0) is 24.0 Å². The fourth-order valence-corrected chi connectivity index (χ4v) is 1.84. The van der Waals surface area contributed by atoms with Crippen molar-refractivity contribution in [2.75, 3.05) is 0 Å². The van der Waals surface area contributed by atoms with Crippen molar-refractivity contribution >= 4 is 0 Å². The van der Waals surface area contributed by atoms with Gasteiger partial charge in [0.05, 0.1) is 0 Å². The number of hydrogen-bond acceptors (Lipinski definition) is 0. The minimum Gasteiger partial charge on any atom is -0.0622 e. The Balaban J connectivity index is 1.92. The van der Waals surface area contributed by atoms with Crippen molar-refractivity contribution in [3.05, 3.63) is 77.7 Å². The van der Waals surface area contributed by atoms with Crippen molar-refractivity contribution in [2.45, 2.75) is 19.8 Å². The van der Waals surface area contributed by atoms with Crippen LogP contribution in [0.15, 0.2) is 60.7 Å². The van der Waals surface area contributed by atoms with Gasteiger partial charge in [0.2, 0.25) is 0 Å². The molecule has 0 N–H and O–H groups in total. The Morgan fingerprint density at radius 3 is 2.00 bits per heavy atom. The van der Waals surface area contributed by atoms with E-state index in [1.165, 1.54) is 17.0 Å². The molecule has 0 aliphatic heterocycles. The highest BCUT2D eigenvalue weighted by Crippen LogP contribution is 2.19. The molecule has 0 saturated heterocycles. The van der Waals surface area contributed by atoms with Gasteiger partial charge in [0.1, 0.15) is 0 Å². The molecular weight excluding hydrogens is 192 g/mol. The van der Waals surface area contributed by atoms with E-state index in [1.807, 2.05) is 0 Å². The van der Waals surface area contributed by atoms with E-state index in [2.05, 4.69) is 67.6 Å². The number of aryl methyl sites for hydroxylation is 1. The maximum atomic E-state index is 2.22. The number of hydrogen-bond donors (Lipinski definition) is 0. The van der Waals surface area contributed by atoms with Crippen LogP contribution in [-0.4, -0.2) is 0 Å². The third-order valence-electron chi connectivity index (χ3n) is 2.90. The summed E-state index contributed by atoms with van der Waals surface area (Å²) in [6.07, 6.45) is 2.26. The van der Waals surface area contributed by atoms with Gasteiger partial charge in [-0.3, -0.25) is 0 Å². The van der Waals surface area contributed by atoms with Crippen LogP contribution in [0.25, 0.3) is 0 Å². The molecule has 2 aromatic carbocycles. The van der Waals surface area contributed by atoms with E-state index < -0.39 is 0 Å². The molecule has 0 aliphatic rings. The molecule has 0 aromatic heterocycles. The standard InChI is InChI=1S/C16H17/c1-14(16-10-6-3-7-11-16)12-13-15-8-4-2-5-9-15/h2-11H,12-13H2,1H3. The summed E-state index contributed by atoms with van der Waals surface area (Å²) >= 11 is 0. The van der Waals surface area contributed by atoms with Gasteiger partial charge in [-0.25, -0.2) is 0 Å². The maximum Gasteiger partial charge on any atom is 0.00221 e. The van der Waals surface area contributed by atoms with E-state index >= 15 is 0 Å². The van der Waals surface area contributed by atoms with Crippen LogP contribution in [0.3, 0.4) is 0 Å². The number of benzene rings is 2. The highest BCUT2D eigenvalue weighted by atomic mass is 14.1. The summed E-state index contributed by atoms with van der Waals surface area (Å²) in [5.74, 6) is 1.46. The molecule has 0 heterocycles. The molecule has 0 aliphatic carbocycles. The Morgan fingerprint density at radius 2 is 1.38 bits per heavy atom. The van der Waals surface area contributed by atoms with Crippen LogP contribution in [0, 0.1) is 5.92 Å². The zero-order valence-corrected chi connectivity index (χ0v) is 9.69. The van der Waals surface area contributed by atoms with Crippen LogP contribution >= 0.6 is 0 Å². The summed E-state index contributed by atoms with van der Waals surface area (Å²) in [6.45, 7) is 2.22. The smallest absolute Gasteiger partial charge is 0.00221 e. The molecule has 0 spiro atoms. The predicted octanol–water partition coefficient (Wildman–Crippen LogP) is 4.26. The van der Waals surface area contributed by atoms with Crippen LogP contribution in [0.5, 0.6) is 0 Å². The molecular formula is C16H17. The van der Waals surface area contributed by atoms with Gasteiger partial charge in [-0.2, -0.15) is 0 Å². The Morgan fingerprint density at radius 1 is 0.812 bits per heavy atom. The topological polar surface area (TPSA) is 0 Å². The van der Waals surface area contributed by atoms with E-state index in [9.17, 15) is 0 Å². The van der Waals surface area contributed by atoms with Crippen LogP contribution in [0.1, 0.15) is 24.5 Å². The lowest BCUT2D eigenvalue weighted by Crippen LogP contribution is -1.96. The van der Waals surface area contributed by atoms with Gasteiger partial charge < -0.3 is 0 Å². The zero-order chi connectivity index (χ0) is 11.2. The highest BCUT2D eigenvalue weighted by molar-refractivity contribution is 5.29. The average molecular weight is 209 g/mol. The maximum absolute atomic E-state index is 2.22. The Hall–Kier alpha value is -1.56. The molecule has 2 rings (SSSR count). The van der Waals surface area contributed by atoms with E-state index in [1.54, 1.807) is 0 Å². The minimum absolute atomic E-state index is 1.13. The van der Waals surface area contributed by atoms with Gasteiger partial charge in [0, 0.05) is 5.92 Å². The quantitative estimate of drug-likeness (QED) is 0.705. The molecule has 0 atom stereocenters. The van der Waals surface area contributed by atoms with Crippen LogP contribution in [-0.2, 0) is 6.42 Å². The highest BCUT2D eigenvalue weighted by Gasteiger charge is 2.05. The third kappa shape index (κ3) is 2.96. The second-order valence-corrected chi connectivity index (χ2v) is 4.13. The van der Waals surface area contributed by atoms with Gasteiger partial charge in [-0.1, -0.05) is 67.6 Å². The van der Waals surface area contributed by atoms with Gasteiger partial charge in [0.15, 0.2) is 0 Å². The monoisotopic (exact) mass is 209 g/mol. The molecule has 81 valence electrons. The summed E-state index contributed by atoms with van der Waals surface area (Å²) in [4.78, 5) is 0. The summed E-state index contributed by atoms with van der Waals surface area (Å²) in [6, 6.07) is 21.3. The van der Waals surface area contributed by atoms with Crippen molar-refractivity contribution in [3.8, 4) is 0 Å². The van der Waals surface area contributed by atoms with Crippen LogP contribution < -0.4 is 0 Å². The van der Waals surface area contributed by atoms with E-state index in [-0.39, 0.29) is 0 Å². The molecule has 2 aromatic rings. The summed E-state index contributed by atoms with van der Waals surface area (Å²) in [5.41, 5.74) is 2.77. The first-order valence-electron chi connectivity index (χ1n) is 5.78. The normalized spacial score (nSPS) is 10.6. The predicted molar refractivity (Wildman–Crippen MR) is 69.2 cm³/mol. The first kappa shape index (κ1) is 10.9. The summed E-state index contributed by atoms with van der Waals surface area (Å²) < 4.78 is 0. The Kier molecular flexibility index (Phi) is 3.76. The molecule has 0 heteroatoms. The Labute approximate surface area is 97.9 Å². The fraction of sp³-hybridized carbons (Fsp3) is 0.188. The molecule has 0 fully saturated rings. The molecule has 0 bridgehead atoms. The van der Waals surface area contributed by atoms with Gasteiger partial charge in [-0.15, -0.1) is 0 Å². The molecule has 0 saturated carbocycles. The van der Waals surface area contributed by atoms with E-state index in [0.29, 0.717) is 0 Å². The first-order valence-corrected chi connectivity index (χ1v) is 5.78. The first-order chi connectivity index (χ1) is 7.86. The van der Waals surface area contributed by atoms with E-state index in [4.69, 9.17) is 0 Å². The Bertz CT molecular complexity index is 403. The lowest BCUT2D eigenvalue weighted by Gasteiger charge is -2.10. The third-order valence-corrected chi connectivity index (χ3v) is 2.90. The molecule has 0 unspecified atom stereocenters. The van der Waals surface area contributed by atoms with Crippen molar-refractivity contribution in [3.63, 3.8) is 0 Å². The largest absolute Gasteiger partial charge is 0.0622 e. The van der Waals surface area contributed by atoms with Crippen molar-refractivity contribution in [1.82, 2.24) is 0 Å². The molecule has 0 nitrogen and oxygen atoms in total. The van der Waals surface area contributed by atoms with E-state index in [0.717, 1.165) is 12.8 Å². The molecule has 16 heavy (non-hydrogen) atoms. The summed E-state index contributed by atoms with van der Waals surface area (Å²) in [5, 5.41) is 0. The molecule has 0 amide bonds. The van der Waals surface area contributed by atoms with Crippen molar-refractivity contribution in [1.29, 1.82) is 0 Å².